The second kappa shape index (κ2) is 25.0. The van der Waals surface area contributed by atoms with Gasteiger partial charge in [-0.1, -0.05) is 117 Å². The van der Waals surface area contributed by atoms with E-state index < -0.39 is 12.6 Å². The van der Waals surface area contributed by atoms with Crippen LogP contribution in [0.3, 0.4) is 0 Å². The second-order valence-electron chi connectivity index (χ2n) is 8.50. The van der Waals surface area contributed by atoms with Gasteiger partial charge in [0.15, 0.2) is 0 Å². The molecular weight excluding hydrogens is 384 g/mol. The topological polar surface area (TPSA) is 77.4 Å². The van der Waals surface area contributed by atoms with Gasteiger partial charge in [-0.2, -0.15) is 9.78 Å². The lowest BCUT2D eigenvalue weighted by Crippen LogP contribution is -2.23. The maximum absolute atomic E-state index is 8.98. The van der Waals surface area contributed by atoms with E-state index in [0.717, 1.165) is 25.7 Å². The molecule has 0 bridgehead atoms. The molecule has 2 unspecified atom stereocenters. The van der Waals surface area contributed by atoms with Crippen LogP contribution in [-0.4, -0.2) is 23.1 Å². The quantitative estimate of drug-likeness (QED) is 0.0650. The van der Waals surface area contributed by atoms with Crippen molar-refractivity contribution < 1.29 is 30.1 Å². The SMILES string of the molecule is CCCCCCCCCCCC(OO)OOC(CCCCCCCCCCC)OO. The molecule has 0 aromatic carbocycles. The Balaban J connectivity index is 3.59. The fourth-order valence-corrected chi connectivity index (χ4v) is 3.60. The monoisotopic (exact) mass is 434 g/mol. The lowest BCUT2D eigenvalue weighted by atomic mass is 10.1. The summed E-state index contributed by atoms with van der Waals surface area (Å²) in [6.45, 7) is 4.47. The Morgan fingerprint density at radius 1 is 0.433 bits per heavy atom. The van der Waals surface area contributed by atoms with Gasteiger partial charge in [0, 0.05) is 12.8 Å². The Labute approximate surface area is 185 Å². The maximum atomic E-state index is 8.98. The minimum Gasteiger partial charge on any atom is -0.249 e. The van der Waals surface area contributed by atoms with Gasteiger partial charge < -0.3 is 0 Å². The van der Waals surface area contributed by atoms with Crippen molar-refractivity contribution in [3.63, 3.8) is 0 Å². The molecule has 0 saturated heterocycles. The summed E-state index contributed by atoms with van der Waals surface area (Å²) in [6, 6.07) is 0. The minimum absolute atomic E-state index is 0.544. The highest BCUT2D eigenvalue weighted by molar-refractivity contribution is 4.50. The van der Waals surface area contributed by atoms with Gasteiger partial charge in [0.2, 0.25) is 12.6 Å². The maximum Gasteiger partial charge on any atom is 0.224 e. The Bertz CT molecular complexity index is 286. The highest BCUT2D eigenvalue weighted by atomic mass is 17.3. The van der Waals surface area contributed by atoms with Crippen molar-refractivity contribution in [1.29, 1.82) is 0 Å². The van der Waals surface area contributed by atoms with E-state index in [9.17, 15) is 0 Å². The number of unbranched alkanes of at least 4 members (excludes halogenated alkanes) is 16. The smallest absolute Gasteiger partial charge is 0.224 e. The first-order valence-electron chi connectivity index (χ1n) is 12.7. The van der Waals surface area contributed by atoms with Crippen LogP contribution in [0.1, 0.15) is 142 Å². The summed E-state index contributed by atoms with van der Waals surface area (Å²) in [5.41, 5.74) is 0. The van der Waals surface area contributed by atoms with Crippen molar-refractivity contribution in [2.75, 3.05) is 0 Å². The van der Waals surface area contributed by atoms with Crippen molar-refractivity contribution in [2.45, 2.75) is 155 Å². The first-order chi connectivity index (χ1) is 14.8. The molecule has 0 spiro atoms. The highest BCUT2D eigenvalue weighted by Crippen LogP contribution is 2.16. The molecule has 2 atom stereocenters. The summed E-state index contributed by atoms with van der Waals surface area (Å²) in [7, 11) is 0. The number of hydrogen-bond acceptors (Lipinski definition) is 6. The van der Waals surface area contributed by atoms with Gasteiger partial charge in [-0.3, -0.25) is 0 Å². The molecule has 0 aliphatic carbocycles. The molecule has 0 saturated carbocycles. The third kappa shape index (κ3) is 21.0. The predicted octanol–water partition coefficient (Wildman–Crippen LogP) is 8.41. The Kier molecular flexibility index (Phi) is 24.8. The zero-order chi connectivity index (χ0) is 22.1. The molecule has 6 heteroatoms. The average Bonchev–Trinajstić information content (AvgIpc) is 2.77. The summed E-state index contributed by atoms with van der Waals surface area (Å²) in [5.74, 6) is 0. The third-order valence-corrected chi connectivity index (χ3v) is 5.59. The number of hydrogen-bond donors (Lipinski definition) is 2. The Morgan fingerprint density at radius 2 is 0.700 bits per heavy atom. The van der Waals surface area contributed by atoms with E-state index in [1.807, 2.05) is 0 Å². The molecule has 30 heavy (non-hydrogen) atoms. The molecule has 0 aliphatic heterocycles. The fourth-order valence-electron chi connectivity index (χ4n) is 3.60. The lowest BCUT2D eigenvalue weighted by molar-refractivity contribution is -0.510. The van der Waals surface area contributed by atoms with Gasteiger partial charge in [-0.05, 0) is 12.8 Å². The molecule has 2 N–H and O–H groups in total. The standard InChI is InChI=1S/C24H50O6/c1-3-5-7-9-11-13-15-17-19-21-23(27-25)29-30-24(28-26)22-20-18-16-14-12-10-8-6-4-2/h23-26H,3-22H2,1-2H3. The van der Waals surface area contributed by atoms with Crippen molar-refractivity contribution in [1.82, 2.24) is 0 Å². The van der Waals surface area contributed by atoms with Crippen molar-refractivity contribution in [3.05, 3.63) is 0 Å². The zero-order valence-corrected chi connectivity index (χ0v) is 19.8. The normalized spacial score (nSPS) is 13.6. The summed E-state index contributed by atoms with van der Waals surface area (Å²) in [6.07, 6.45) is 21.4. The summed E-state index contributed by atoms with van der Waals surface area (Å²) < 4.78 is 0. The van der Waals surface area contributed by atoms with Crippen molar-refractivity contribution in [3.8, 4) is 0 Å². The minimum atomic E-state index is -0.852. The Hall–Kier alpha value is -0.240. The molecule has 6 nitrogen and oxygen atoms in total. The summed E-state index contributed by atoms with van der Waals surface area (Å²) >= 11 is 0. The van der Waals surface area contributed by atoms with Crippen LogP contribution in [0.4, 0.5) is 0 Å². The molecule has 0 amide bonds. The molecular formula is C24H50O6. The Morgan fingerprint density at radius 3 is 0.967 bits per heavy atom. The van der Waals surface area contributed by atoms with E-state index in [4.69, 9.17) is 20.3 Å². The van der Waals surface area contributed by atoms with Gasteiger partial charge in [0.25, 0.3) is 0 Å². The van der Waals surface area contributed by atoms with E-state index in [1.165, 1.54) is 89.9 Å². The molecule has 0 heterocycles. The molecule has 0 rings (SSSR count). The van der Waals surface area contributed by atoms with Crippen LogP contribution in [0.25, 0.3) is 0 Å². The van der Waals surface area contributed by atoms with Crippen LogP contribution in [0, 0.1) is 0 Å². The van der Waals surface area contributed by atoms with Gasteiger partial charge in [-0.25, -0.2) is 20.3 Å². The van der Waals surface area contributed by atoms with Crippen molar-refractivity contribution in [2.24, 2.45) is 0 Å². The van der Waals surface area contributed by atoms with E-state index in [2.05, 4.69) is 23.6 Å². The largest absolute Gasteiger partial charge is 0.249 e. The molecule has 0 radical (unpaired) electrons. The molecule has 0 aliphatic rings. The highest BCUT2D eigenvalue weighted by Gasteiger charge is 2.16. The lowest BCUT2D eigenvalue weighted by Gasteiger charge is -2.17. The summed E-state index contributed by atoms with van der Waals surface area (Å²) in [4.78, 5) is 18.8. The van der Waals surface area contributed by atoms with Gasteiger partial charge in [0.1, 0.15) is 0 Å². The van der Waals surface area contributed by atoms with E-state index >= 15 is 0 Å². The molecule has 182 valence electrons. The first kappa shape index (κ1) is 29.8. The summed E-state index contributed by atoms with van der Waals surface area (Å²) in [5, 5.41) is 18.0. The molecule has 0 fully saturated rings. The van der Waals surface area contributed by atoms with E-state index in [1.54, 1.807) is 0 Å². The predicted molar refractivity (Wildman–Crippen MR) is 121 cm³/mol. The zero-order valence-electron chi connectivity index (χ0n) is 19.8. The second-order valence-corrected chi connectivity index (χ2v) is 8.50. The van der Waals surface area contributed by atoms with Crippen molar-refractivity contribution >= 4 is 0 Å². The van der Waals surface area contributed by atoms with Crippen LogP contribution in [0.15, 0.2) is 0 Å². The first-order valence-corrected chi connectivity index (χ1v) is 12.7. The van der Waals surface area contributed by atoms with Crippen LogP contribution in [0.2, 0.25) is 0 Å². The fraction of sp³-hybridized carbons (Fsp3) is 1.00. The van der Waals surface area contributed by atoms with Gasteiger partial charge in [0.05, 0.1) is 0 Å². The van der Waals surface area contributed by atoms with Gasteiger partial charge in [-0.15, -0.1) is 0 Å². The van der Waals surface area contributed by atoms with Crippen LogP contribution in [-0.2, 0) is 19.6 Å². The van der Waals surface area contributed by atoms with E-state index in [-0.39, 0.29) is 0 Å². The van der Waals surface area contributed by atoms with Gasteiger partial charge >= 0.3 is 0 Å². The number of rotatable bonds is 25. The van der Waals surface area contributed by atoms with Crippen LogP contribution in [0.5, 0.6) is 0 Å². The van der Waals surface area contributed by atoms with Crippen LogP contribution >= 0.6 is 0 Å². The van der Waals surface area contributed by atoms with Crippen LogP contribution < -0.4 is 0 Å². The molecule has 0 aromatic heterocycles. The molecule has 0 aromatic rings. The average molecular weight is 435 g/mol. The third-order valence-electron chi connectivity index (χ3n) is 5.59. The van der Waals surface area contributed by atoms with E-state index in [0.29, 0.717) is 12.8 Å².